The molecule has 9 heteroatoms. The molecule has 1 aromatic carbocycles. The van der Waals surface area contributed by atoms with E-state index < -0.39 is 0 Å². The molecule has 9 nitrogen and oxygen atoms in total. The van der Waals surface area contributed by atoms with E-state index in [-0.39, 0.29) is 5.91 Å². The molecule has 168 valence electrons. The standard InChI is InChI=1S/C24H25N7O2/c1-28-21(15-20(27-28)18-6-5-7-19(14-18)33-2)24(32)31-12-10-30(11-13-31)23-16-22(25-17-26-23)29-8-3-4-9-29/h3-9,14-17H,10-13H2,1-2H3. The maximum atomic E-state index is 13.2. The molecule has 4 heterocycles. The maximum Gasteiger partial charge on any atom is 0.272 e. The third-order valence-electron chi connectivity index (χ3n) is 5.86. The van der Waals surface area contributed by atoms with E-state index in [1.54, 1.807) is 25.2 Å². The van der Waals surface area contributed by atoms with Gasteiger partial charge in [0, 0.05) is 57.3 Å². The molecule has 1 saturated heterocycles. The molecule has 5 rings (SSSR count). The highest BCUT2D eigenvalue weighted by Crippen LogP contribution is 2.24. The lowest BCUT2D eigenvalue weighted by molar-refractivity contribution is 0.0735. The van der Waals surface area contributed by atoms with E-state index in [0.717, 1.165) is 28.6 Å². The molecule has 0 radical (unpaired) electrons. The minimum absolute atomic E-state index is 0.0190. The number of ether oxygens (including phenoxy) is 1. The molecule has 0 saturated carbocycles. The molecule has 1 fully saturated rings. The predicted octanol–water partition coefficient (Wildman–Crippen LogP) is 2.64. The number of methoxy groups -OCH3 is 1. The average Bonchev–Trinajstić information content (AvgIpc) is 3.54. The summed E-state index contributed by atoms with van der Waals surface area (Å²) in [5.41, 5.74) is 2.23. The maximum absolute atomic E-state index is 13.2. The van der Waals surface area contributed by atoms with Crippen LogP contribution in [0.2, 0.25) is 0 Å². The first-order valence-electron chi connectivity index (χ1n) is 10.8. The van der Waals surface area contributed by atoms with E-state index in [1.165, 1.54) is 0 Å². The topological polar surface area (TPSA) is 81.3 Å². The number of carbonyl (C=O) groups is 1. The van der Waals surface area contributed by atoms with Crippen molar-refractivity contribution in [2.45, 2.75) is 0 Å². The number of hydrogen-bond acceptors (Lipinski definition) is 6. The van der Waals surface area contributed by atoms with Crippen LogP contribution in [0, 0.1) is 0 Å². The van der Waals surface area contributed by atoms with Crippen LogP contribution in [0.25, 0.3) is 17.1 Å². The van der Waals surface area contributed by atoms with Crippen LogP contribution in [0.1, 0.15) is 10.5 Å². The highest BCUT2D eigenvalue weighted by atomic mass is 16.5. The number of amides is 1. The van der Waals surface area contributed by atoms with Crippen LogP contribution in [-0.4, -0.2) is 68.4 Å². The molecule has 0 bridgehead atoms. The third-order valence-corrected chi connectivity index (χ3v) is 5.86. The Kier molecular flexibility index (Phi) is 5.52. The van der Waals surface area contributed by atoms with Crippen LogP contribution in [0.15, 0.2) is 67.3 Å². The van der Waals surface area contributed by atoms with Crippen molar-refractivity contribution in [2.24, 2.45) is 7.05 Å². The van der Waals surface area contributed by atoms with E-state index >= 15 is 0 Å². The van der Waals surface area contributed by atoms with Gasteiger partial charge in [0.05, 0.1) is 12.8 Å². The van der Waals surface area contributed by atoms with Gasteiger partial charge in [0.1, 0.15) is 29.4 Å². The molecule has 0 unspecified atom stereocenters. The highest BCUT2D eigenvalue weighted by molar-refractivity contribution is 5.94. The zero-order chi connectivity index (χ0) is 22.8. The lowest BCUT2D eigenvalue weighted by Gasteiger charge is -2.35. The molecule has 0 atom stereocenters. The Hall–Kier alpha value is -4.14. The van der Waals surface area contributed by atoms with Gasteiger partial charge < -0.3 is 19.1 Å². The van der Waals surface area contributed by atoms with Crippen molar-refractivity contribution in [1.82, 2.24) is 29.2 Å². The second-order valence-corrected chi connectivity index (χ2v) is 7.87. The van der Waals surface area contributed by atoms with E-state index in [9.17, 15) is 4.79 Å². The summed E-state index contributed by atoms with van der Waals surface area (Å²) in [6, 6.07) is 15.4. The van der Waals surface area contributed by atoms with Crippen LogP contribution in [0.4, 0.5) is 5.82 Å². The number of benzene rings is 1. The van der Waals surface area contributed by atoms with Gasteiger partial charge in [0.25, 0.3) is 5.91 Å². The van der Waals surface area contributed by atoms with Gasteiger partial charge in [0.2, 0.25) is 0 Å². The number of nitrogens with zero attached hydrogens (tertiary/aromatic N) is 7. The van der Waals surface area contributed by atoms with Crippen LogP contribution in [0.5, 0.6) is 5.75 Å². The number of aromatic nitrogens is 5. The molecule has 0 spiro atoms. The summed E-state index contributed by atoms with van der Waals surface area (Å²) in [7, 11) is 3.44. The molecule has 0 N–H and O–H groups in total. The normalized spacial score (nSPS) is 13.9. The molecule has 1 amide bonds. The van der Waals surface area contributed by atoms with Crippen molar-refractivity contribution in [3.05, 3.63) is 72.9 Å². The van der Waals surface area contributed by atoms with Crippen molar-refractivity contribution < 1.29 is 9.53 Å². The van der Waals surface area contributed by atoms with Gasteiger partial charge in [-0.2, -0.15) is 5.10 Å². The fraction of sp³-hybridized carbons (Fsp3) is 0.250. The molecule has 0 aliphatic carbocycles. The van der Waals surface area contributed by atoms with E-state index in [0.29, 0.717) is 31.9 Å². The molecule has 33 heavy (non-hydrogen) atoms. The van der Waals surface area contributed by atoms with Crippen molar-refractivity contribution in [1.29, 1.82) is 0 Å². The Morgan fingerprint density at radius 2 is 1.70 bits per heavy atom. The van der Waals surface area contributed by atoms with Crippen LogP contribution >= 0.6 is 0 Å². The first-order valence-corrected chi connectivity index (χ1v) is 10.8. The first kappa shape index (κ1) is 20.7. The van der Waals surface area contributed by atoms with Gasteiger partial charge in [-0.15, -0.1) is 0 Å². The van der Waals surface area contributed by atoms with Crippen LogP contribution in [-0.2, 0) is 7.05 Å². The quantitative estimate of drug-likeness (QED) is 0.472. The lowest BCUT2D eigenvalue weighted by atomic mass is 10.1. The minimum Gasteiger partial charge on any atom is -0.497 e. The summed E-state index contributed by atoms with van der Waals surface area (Å²) in [5.74, 6) is 2.42. The largest absolute Gasteiger partial charge is 0.497 e. The summed E-state index contributed by atoms with van der Waals surface area (Å²) in [6.07, 6.45) is 5.49. The van der Waals surface area contributed by atoms with Gasteiger partial charge in [-0.25, -0.2) is 9.97 Å². The Bertz CT molecular complexity index is 1260. The number of rotatable bonds is 5. The molecule has 1 aliphatic heterocycles. The Balaban J connectivity index is 1.28. The van der Waals surface area contributed by atoms with E-state index in [1.807, 2.05) is 70.4 Å². The number of aryl methyl sites for hydroxylation is 1. The Labute approximate surface area is 191 Å². The summed E-state index contributed by atoms with van der Waals surface area (Å²) in [6.45, 7) is 2.63. The van der Waals surface area contributed by atoms with Gasteiger partial charge >= 0.3 is 0 Å². The minimum atomic E-state index is -0.0190. The Morgan fingerprint density at radius 3 is 2.45 bits per heavy atom. The average molecular weight is 444 g/mol. The smallest absolute Gasteiger partial charge is 0.272 e. The van der Waals surface area contributed by atoms with Gasteiger partial charge in [-0.05, 0) is 30.3 Å². The molecule has 1 aliphatic rings. The zero-order valence-corrected chi connectivity index (χ0v) is 18.6. The van der Waals surface area contributed by atoms with Crippen molar-refractivity contribution in [3.8, 4) is 22.8 Å². The Morgan fingerprint density at radius 1 is 0.939 bits per heavy atom. The zero-order valence-electron chi connectivity index (χ0n) is 18.6. The first-order chi connectivity index (χ1) is 16.1. The molecular formula is C24H25N7O2. The monoisotopic (exact) mass is 443 g/mol. The second kappa shape index (κ2) is 8.78. The van der Waals surface area contributed by atoms with Crippen molar-refractivity contribution >= 4 is 11.7 Å². The van der Waals surface area contributed by atoms with E-state index in [2.05, 4.69) is 20.0 Å². The fourth-order valence-corrected chi connectivity index (χ4v) is 4.03. The predicted molar refractivity (Wildman–Crippen MR) is 125 cm³/mol. The lowest BCUT2D eigenvalue weighted by Crippen LogP contribution is -2.49. The van der Waals surface area contributed by atoms with Crippen molar-refractivity contribution in [2.75, 3.05) is 38.2 Å². The van der Waals surface area contributed by atoms with Gasteiger partial charge in [-0.1, -0.05) is 12.1 Å². The second-order valence-electron chi connectivity index (χ2n) is 7.87. The third kappa shape index (κ3) is 4.17. The number of anilines is 1. The fourth-order valence-electron chi connectivity index (χ4n) is 4.03. The highest BCUT2D eigenvalue weighted by Gasteiger charge is 2.25. The summed E-state index contributed by atoms with van der Waals surface area (Å²) in [5, 5.41) is 4.55. The molecular weight excluding hydrogens is 418 g/mol. The molecule has 3 aromatic heterocycles. The van der Waals surface area contributed by atoms with Crippen LogP contribution < -0.4 is 9.64 Å². The van der Waals surface area contributed by atoms with Crippen molar-refractivity contribution in [3.63, 3.8) is 0 Å². The van der Waals surface area contributed by atoms with Gasteiger partial charge in [-0.3, -0.25) is 9.48 Å². The summed E-state index contributed by atoms with van der Waals surface area (Å²) < 4.78 is 8.91. The SMILES string of the molecule is COc1cccc(-c2cc(C(=O)N3CCN(c4cc(-n5cccc5)ncn4)CC3)n(C)n2)c1. The summed E-state index contributed by atoms with van der Waals surface area (Å²) in [4.78, 5) is 26.1. The summed E-state index contributed by atoms with van der Waals surface area (Å²) >= 11 is 0. The molecule has 4 aromatic rings. The number of carbonyl (C=O) groups excluding carboxylic acids is 1. The number of piperazine rings is 1. The number of hydrogen-bond donors (Lipinski definition) is 0. The van der Waals surface area contributed by atoms with Crippen LogP contribution in [0.3, 0.4) is 0 Å². The van der Waals surface area contributed by atoms with E-state index in [4.69, 9.17) is 4.74 Å². The van der Waals surface area contributed by atoms with Gasteiger partial charge in [0.15, 0.2) is 0 Å².